The molecule has 0 bridgehead atoms. The molecule has 1 aliphatic rings. The maximum Gasteiger partial charge on any atom is 0.310 e. The summed E-state index contributed by atoms with van der Waals surface area (Å²) in [6.45, 7) is 1.63. The lowest BCUT2D eigenvalue weighted by molar-refractivity contribution is -0.486. The Kier molecular flexibility index (Phi) is 5.86. The van der Waals surface area contributed by atoms with Crippen LogP contribution in [0.25, 0.3) is 0 Å². The Morgan fingerprint density at radius 2 is 1.63 bits per heavy atom. The van der Waals surface area contributed by atoms with Gasteiger partial charge >= 0.3 is 5.97 Å². The van der Waals surface area contributed by atoms with E-state index in [1.807, 2.05) is 36.4 Å². The van der Waals surface area contributed by atoms with Crippen LogP contribution < -0.4 is 0 Å². The van der Waals surface area contributed by atoms with Gasteiger partial charge in [0, 0.05) is 11.5 Å². The highest BCUT2D eigenvalue weighted by Crippen LogP contribution is 2.45. The van der Waals surface area contributed by atoms with Crippen molar-refractivity contribution in [1.82, 2.24) is 4.90 Å². The van der Waals surface area contributed by atoms with Crippen LogP contribution in [0.5, 0.6) is 0 Å². The fourth-order valence-corrected chi connectivity index (χ4v) is 4.10. The highest BCUT2D eigenvalue weighted by molar-refractivity contribution is 5.76. The summed E-state index contributed by atoms with van der Waals surface area (Å²) >= 11 is 0. The van der Waals surface area contributed by atoms with Gasteiger partial charge in [-0.25, -0.2) is 0 Å². The molecule has 1 unspecified atom stereocenters. The average Bonchev–Trinajstić information content (AvgIpc) is 2.68. The molecule has 0 radical (unpaired) electrons. The Hall–Kier alpha value is -2.73. The lowest BCUT2D eigenvalue weighted by Gasteiger charge is -2.42. The number of carboxylic acid groups (broad SMARTS) is 1. The van der Waals surface area contributed by atoms with Gasteiger partial charge in [0.05, 0.1) is 11.3 Å². The van der Waals surface area contributed by atoms with Gasteiger partial charge in [-0.05, 0) is 37.1 Å². The first kappa shape index (κ1) is 19.0. The van der Waals surface area contributed by atoms with Crippen molar-refractivity contribution in [1.29, 1.82) is 0 Å². The second-order valence-electron chi connectivity index (χ2n) is 7.20. The molecule has 1 heterocycles. The summed E-state index contributed by atoms with van der Waals surface area (Å²) in [5.41, 5.74) is 0.806. The first-order valence-electron chi connectivity index (χ1n) is 9.18. The Morgan fingerprint density at radius 3 is 2.15 bits per heavy atom. The normalized spacial score (nSPS) is 17.9. The van der Waals surface area contributed by atoms with E-state index >= 15 is 0 Å². The smallest absolute Gasteiger partial charge is 0.310 e. The maximum absolute atomic E-state index is 12.3. The number of likely N-dealkylation sites (tertiary alicyclic amines) is 1. The molecule has 1 saturated heterocycles. The zero-order chi connectivity index (χ0) is 19.3. The zero-order valence-electron chi connectivity index (χ0n) is 15.2. The van der Waals surface area contributed by atoms with Crippen LogP contribution in [0.4, 0.5) is 0 Å². The molecule has 2 aromatic rings. The molecule has 1 N–H and O–H groups in total. The molecule has 6 heteroatoms. The van der Waals surface area contributed by atoms with E-state index < -0.39 is 22.2 Å². The number of nitrogens with zero attached hydrogens (tertiary/aromatic N) is 2. The van der Waals surface area contributed by atoms with Gasteiger partial charge in [-0.3, -0.25) is 19.8 Å². The molecule has 0 aromatic heterocycles. The Labute approximate surface area is 158 Å². The number of benzene rings is 2. The van der Waals surface area contributed by atoms with Gasteiger partial charge in [0.2, 0.25) is 6.54 Å². The van der Waals surface area contributed by atoms with Gasteiger partial charge in [0.15, 0.2) is 0 Å². The van der Waals surface area contributed by atoms with Gasteiger partial charge in [-0.2, -0.15) is 0 Å². The van der Waals surface area contributed by atoms with Crippen LogP contribution in [0.3, 0.4) is 0 Å². The maximum atomic E-state index is 12.3. The second-order valence-corrected chi connectivity index (χ2v) is 7.20. The predicted octanol–water partition coefficient (Wildman–Crippen LogP) is 3.41. The van der Waals surface area contributed by atoms with E-state index in [2.05, 4.69) is 17.0 Å². The molecule has 0 spiro atoms. The molecule has 1 aliphatic heterocycles. The summed E-state index contributed by atoms with van der Waals surface area (Å²) in [4.78, 5) is 25.4. The van der Waals surface area contributed by atoms with Crippen molar-refractivity contribution in [3.63, 3.8) is 0 Å². The predicted molar refractivity (Wildman–Crippen MR) is 102 cm³/mol. The minimum Gasteiger partial charge on any atom is -0.481 e. The van der Waals surface area contributed by atoms with Crippen LogP contribution in [-0.2, 0) is 11.3 Å². The molecule has 1 fully saturated rings. The number of carbonyl (C=O) groups is 1. The first-order chi connectivity index (χ1) is 13.0. The Bertz CT molecular complexity index is 771. The lowest BCUT2D eigenvalue weighted by Crippen LogP contribution is -2.49. The monoisotopic (exact) mass is 368 g/mol. The standard InChI is InChI=1S/C21H24N2O4/c24-20(25)21(19(16-23(26)27)18-9-5-2-6-10-18)11-13-22(14-12-21)15-17-7-3-1-4-8-17/h1-10,19H,11-16H2,(H,24,25). The molecule has 6 nitrogen and oxygen atoms in total. The van der Waals surface area contributed by atoms with Crippen molar-refractivity contribution < 1.29 is 14.8 Å². The van der Waals surface area contributed by atoms with Crippen molar-refractivity contribution in [2.24, 2.45) is 5.41 Å². The second kappa shape index (κ2) is 8.31. The van der Waals surface area contributed by atoms with E-state index in [1.54, 1.807) is 12.1 Å². The number of carboxylic acids is 1. The van der Waals surface area contributed by atoms with Gasteiger partial charge in [-0.15, -0.1) is 0 Å². The van der Waals surface area contributed by atoms with Gasteiger partial charge in [0.25, 0.3) is 0 Å². The summed E-state index contributed by atoms with van der Waals surface area (Å²) in [5.74, 6) is -1.57. The van der Waals surface area contributed by atoms with Gasteiger partial charge < -0.3 is 5.11 Å². The van der Waals surface area contributed by atoms with E-state index in [0.717, 1.165) is 12.1 Å². The van der Waals surface area contributed by atoms with Crippen molar-refractivity contribution in [2.75, 3.05) is 19.6 Å². The summed E-state index contributed by atoms with van der Waals surface area (Å²) < 4.78 is 0. The van der Waals surface area contributed by atoms with Crippen molar-refractivity contribution >= 4 is 5.97 Å². The largest absolute Gasteiger partial charge is 0.481 e. The highest BCUT2D eigenvalue weighted by atomic mass is 16.6. The van der Waals surface area contributed by atoms with Crippen molar-refractivity contribution in [2.45, 2.75) is 25.3 Å². The van der Waals surface area contributed by atoms with Crippen LogP contribution in [-0.4, -0.2) is 40.5 Å². The van der Waals surface area contributed by atoms with Crippen LogP contribution in [0.15, 0.2) is 60.7 Å². The quantitative estimate of drug-likeness (QED) is 0.598. The van der Waals surface area contributed by atoms with Gasteiger partial charge in [-0.1, -0.05) is 60.7 Å². The minimum absolute atomic E-state index is 0.366. The number of piperidine rings is 1. The highest BCUT2D eigenvalue weighted by Gasteiger charge is 2.50. The Balaban J connectivity index is 1.81. The number of hydrogen-bond acceptors (Lipinski definition) is 4. The molecule has 27 heavy (non-hydrogen) atoms. The molecule has 2 aromatic carbocycles. The fraction of sp³-hybridized carbons (Fsp3) is 0.381. The third-order valence-electron chi connectivity index (χ3n) is 5.62. The molecule has 142 valence electrons. The van der Waals surface area contributed by atoms with E-state index in [1.165, 1.54) is 5.56 Å². The molecular weight excluding hydrogens is 344 g/mol. The molecule has 1 atom stereocenters. The van der Waals surface area contributed by atoms with Crippen LogP contribution in [0.2, 0.25) is 0 Å². The number of rotatable bonds is 7. The molecule has 0 amide bonds. The SMILES string of the molecule is O=C(O)C1(C(C[N+](=O)[O-])c2ccccc2)CCN(Cc2ccccc2)CC1. The molecule has 3 rings (SSSR count). The fourth-order valence-electron chi connectivity index (χ4n) is 4.10. The van der Waals surface area contributed by atoms with Crippen LogP contribution in [0.1, 0.15) is 29.9 Å². The Morgan fingerprint density at radius 1 is 1.07 bits per heavy atom. The van der Waals surface area contributed by atoms with E-state index in [0.29, 0.717) is 25.9 Å². The van der Waals surface area contributed by atoms with Crippen LogP contribution >= 0.6 is 0 Å². The third-order valence-corrected chi connectivity index (χ3v) is 5.62. The summed E-state index contributed by atoms with van der Waals surface area (Å²) in [7, 11) is 0. The minimum atomic E-state index is -1.11. The average molecular weight is 368 g/mol. The summed E-state index contributed by atoms with van der Waals surface area (Å²) in [6.07, 6.45) is 0.811. The van der Waals surface area contributed by atoms with Crippen molar-refractivity contribution in [3.05, 3.63) is 81.9 Å². The third kappa shape index (κ3) is 4.34. The molecule has 0 saturated carbocycles. The molecular formula is C21H24N2O4. The molecule has 0 aliphatic carbocycles. The van der Waals surface area contributed by atoms with E-state index in [4.69, 9.17) is 0 Å². The van der Waals surface area contributed by atoms with Crippen LogP contribution in [0, 0.1) is 15.5 Å². The number of aliphatic carboxylic acids is 1. The van der Waals surface area contributed by atoms with Gasteiger partial charge in [0.1, 0.15) is 0 Å². The zero-order valence-corrected chi connectivity index (χ0v) is 15.2. The first-order valence-corrected chi connectivity index (χ1v) is 9.18. The number of hydrogen-bond donors (Lipinski definition) is 1. The summed E-state index contributed by atoms with van der Waals surface area (Å²) in [5, 5.41) is 21.4. The lowest BCUT2D eigenvalue weighted by atomic mass is 9.66. The summed E-state index contributed by atoms with van der Waals surface area (Å²) in [6, 6.07) is 19.1. The van der Waals surface area contributed by atoms with E-state index in [9.17, 15) is 20.0 Å². The topological polar surface area (TPSA) is 83.7 Å². The number of nitro groups is 1. The van der Waals surface area contributed by atoms with Crippen molar-refractivity contribution in [3.8, 4) is 0 Å². The van der Waals surface area contributed by atoms with E-state index in [-0.39, 0.29) is 6.54 Å².